The van der Waals surface area contributed by atoms with Crippen molar-refractivity contribution >= 4 is 26.8 Å². The van der Waals surface area contributed by atoms with Crippen molar-refractivity contribution in [1.29, 1.82) is 0 Å². The fraction of sp³-hybridized carbons (Fsp3) is 0.235. The molecule has 1 unspecified atom stereocenters. The van der Waals surface area contributed by atoms with E-state index in [1.54, 1.807) is 0 Å². The molecule has 0 bridgehead atoms. The second-order valence-electron chi connectivity index (χ2n) is 5.60. The number of rotatable bonds is 3. The SMILES string of the molecule is CC[CH]=[Zr]([Cl])([Cl])([CH]1C=CC=C1)[CH]1C=Cc2ccccc21. The van der Waals surface area contributed by atoms with Gasteiger partial charge >= 0.3 is 129 Å². The van der Waals surface area contributed by atoms with E-state index >= 15 is 0 Å². The minimum atomic E-state index is -4.11. The van der Waals surface area contributed by atoms with E-state index < -0.39 is 15.9 Å². The molecule has 0 saturated carbocycles. The van der Waals surface area contributed by atoms with Crippen LogP contribution in [0.15, 0.2) is 54.6 Å². The summed E-state index contributed by atoms with van der Waals surface area (Å²) in [5.74, 6) is 0. The molecule has 2 aliphatic carbocycles. The van der Waals surface area contributed by atoms with Gasteiger partial charge in [0.1, 0.15) is 0 Å². The molecule has 0 aromatic heterocycles. The van der Waals surface area contributed by atoms with Gasteiger partial charge in [0.15, 0.2) is 0 Å². The van der Waals surface area contributed by atoms with Gasteiger partial charge in [0.2, 0.25) is 0 Å². The van der Waals surface area contributed by atoms with E-state index in [0.29, 0.717) is 0 Å². The average molecular weight is 384 g/mol. The van der Waals surface area contributed by atoms with E-state index in [-0.39, 0.29) is 7.25 Å². The average Bonchev–Trinajstić information content (AvgIpc) is 3.09. The van der Waals surface area contributed by atoms with Gasteiger partial charge in [-0.15, -0.1) is 0 Å². The Bertz CT molecular complexity index is 677. The number of allylic oxidation sites excluding steroid dienone is 5. The molecule has 0 fully saturated rings. The summed E-state index contributed by atoms with van der Waals surface area (Å²) in [6.45, 7) is 2.13. The van der Waals surface area contributed by atoms with Crippen LogP contribution in [-0.4, -0.2) is 3.71 Å². The van der Waals surface area contributed by atoms with Gasteiger partial charge < -0.3 is 0 Å². The number of hydrogen-bond donors (Lipinski definition) is 0. The fourth-order valence-electron chi connectivity index (χ4n) is 3.39. The first kappa shape index (κ1) is 14.7. The quantitative estimate of drug-likeness (QED) is 0.611. The summed E-state index contributed by atoms with van der Waals surface area (Å²) in [5.41, 5.74) is 2.55. The fourth-order valence-corrected chi connectivity index (χ4v) is 19.0. The van der Waals surface area contributed by atoms with Gasteiger partial charge in [-0.05, 0) is 0 Å². The van der Waals surface area contributed by atoms with Crippen molar-refractivity contribution < 1.29 is 15.9 Å². The molecule has 0 nitrogen and oxygen atoms in total. The van der Waals surface area contributed by atoms with Crippen LogP contribution in [0.25, 0.3) is 6.08 Å². The zero-order valence-corrected chi connectivity index (χ0v) is 15.4. The molecule has 0 N–H and O–H groups in total. The van der Waals surface area contributed by atoms with Gasteiger partial charge in [0.05, 0.1) is 0 Å². The van der Waals surface area contributed by atoms with Crippen LogP contribution in [-0.2, 0) is 15.9 Å². The van der Waals surface area contributed by atoms with E-state index in [1.165, 1.54) is 11.1 Å². The first-order chi connectivity index (χ1) is 9.55. The van der Waals surface area contributed by atoms with Crippen LogP contribution in [0.1, 0.15) is 28.1 Å². The number of benzene rings is 1. The third kappa shape index (κ3) is 2.19. The van der Waals surface area contributed by atoms with Crippen LogP contribution in [0.5, 0.6) is 0 Å². The Kier molecular flexibility index (Phi) is 3.82. The van der Waals surface area contributed by atoms with Crippen molar-refractivity contribution in [1.82, 2.24) is 0 Å². The molecule has 1 aromatic rings. The Labute approximate surface area is 128 Å². The van der Waals surface area contributed by atoms with Crippen molar-refractivity contribution in [3.63, 3.8) is 0 Å². The Morgan fingerprint density at radius 3 is 2.50 bits per heavy atom. The standard InChI is InChI=1S/C9H7.C5H5.C3H6.2ClH.Zr/c1-2-5-9-7-3-6-8(9)4-1;1-2-4-5-3-1;1-3-2;;;/h1-7H;1-5H;1H,3H2,2H3;2*1H;/q;;;;;+2/p-2. The molecule has 0 amide bonds. The summed E-state index contributed by atoms with van der Waals surface area (Å²) in [5, 5.41) is 0. The van der Waals surface area contributed by atoms with Crippen LogP contribution >= 0.6 is 17.0 Å². The normalized spacial score (nSPS) is 21.5. The van der Waals surface area contributed by atoms with Gasteiger partial charge in [-0.3, -0.25) is 0 Å². The van der Waals surface area contributed by atoms with Crippen molar-refractivity contribution in [3.05, 3.63) is 65.8 Å². The molecule has 3 rings (SSSR count). The molecular weight excluding hydrogens is 366 g/mol. The van der Waals surface area contributed by atoms with Gasteiger partial charge in [-0.25, -0.2) is 0 Å². The van der Waals surface area contributed by atoms with Crippen molar-refractivity contribution in [3.8, 4) is 0 Å². The van der Waals surface area contributed by atoms with Crippen LogP contribution in [0.3, 0.4) is 0 Å². The predicted molar refractivity (Wildman–Crippen MR) is 88.3 cm³/mol. The first-order valence-electron chi connectivity index (χ1n) is 7.10. The van der Waals surface area contributed by atoms with E-state index in [1.807, 2.05) is 0 Å². The van der Waals surface area contributed by atoms with E-state index in [9.17, 15) is 0 Å². The molecule has 104 valence electrons. The molecule has 3 heteroatoms. The van der Waals surface area contributed by atoms with Crippen molar-refractivity contribution in [2.75, 3.05) is 0 Å². The van der Waals surface area contributed by atoms with Crippen LogP contribution < -0.4 is 0 Å². The first-order valence-corrected chi connectivity index (χ1v) is 17.7. The summed E-state index contributed by atoms with van der Waals surface area (Å²) in [7, 11) is 14.6. The molecule has 0 spiro atoms. The van der Waals surface area contributed by atoms with Gasteiger partial charge in [-0.1, -0.05) is 0 Å². The Morgan fingerprint density at radius 2 is 1.80 bits per heavy atom. The molecule has 0 radical (unpaired) electrons. The maximum atomic E-state index is 7.30. The summed E-state index contributed by atoms with van der Waals surface area (Å²) < 4.78 is 2.63. The number of fused-ring (bicyclic) bond motifs is 1. The van der Waals surface area contributed by atoms with Gasteiger partial charge in [0.25, 0.3) is 0 Å². The van der Waals surface area contributed by atoms with Gasteiger partial charge in [0, 0.05) is 0 Å². The van der Waals surface area contributed by atoms with E-state index in [0.717, 1.165) is 6.42 Å². The van der Waals surface area contributed by atoms with Crippen LogP contribution in [0.2, 0.25) is 3.63 Å². The summed E-state index contributed by atoms with van der Waals surface area (Å²) in [6, 6.07) is 8.46. The number of hydrogen-bond acceptors (Lipinski definition) is 0. The summed E-state index contributed by atoms with van der Waals surface area (Å²) >= 11 is -4.11. The Morgan fingerprint density at radius 1 is 1.10 bits per heavy atom. The Balaban J connectivity index is 2.19. The molecule has 1 aromatic carbocycles. The molecule has 0 aliphatic heterocycles. The minimum absolute atomic E-state index is 0.174. The zero-order chi connectivity index (χ0) is 14.2. The third-order valence-corrected chi connectivity index (χ3v) is 23.1. The molecule has 1 atom stereocenters. The molecule has 0 heterocycles. The van der Waals surface area contributed by atoms with Crippen molar-refractivity contribution in [2.24, 2.45) is 0 Å². The maximum absolute atomic E-state index is 7.30. The van der Waals surface area contributed by atoms with Crippen LogP contribution in [0, 0.1) is 0 Å². The molecule has 0 saturated heterocycles. The predicted octanol–water partition coefficient (Wildman–Crippen LogP) is 5.88. The number of halogens is 2. The van der Waals surface area contributed by atoms with E-state index in [4.69, 9.17) is 17.0 Å². The summed E-state index contributed by atoms with van der Waals surface area (Å²) in [6.07, 6.45) is 13.8. The third-order valence-electron chi connectivity index (χ3n) is 4.37. The van der Waals surface area contributed by atoms with Gasteiger partial charge in [-0.2, -0.15) is 0 Å². The molecule has 2 aliphatic rings. The second kappa shape index (κ2) is 5.20. The summed E-state index contributed by atoms with van der Waals surface area (Å²) in [4.78, 5) is 0. The molecular formula is C17H18Cl2Zr. The Hall–Kier alpha value is -0.227. The monoisotopic (exact) mass is 382 g/mol. The van der Waals surface area contributed by atoms with Crippen LogP contribution in [0.4, 0.5) is 0 Å². The zero-order valence-electron chi connectivity index (χ0n) is 11.5. The van der Waals surface area contributed by atoms with Crippen molar-refractivity contribution in [2.45, 2.75) is 20.6 Å². The second-order valence-corrected chi connectivity index (χ2v) is 26.9. The topological polar surface area (TPSA) is 0 Å². The van der Waals surface area contributed by atoms with E-state index in [2.05, 4.69) is 71.4 Å². The molecule has 20 heavy (non-hydrogen) atoms.